The van der Waals surface area contributed by atoms with Gasteiger partial charge in [0.1, 0.15) is 0 Å². The summed E-state index contributed by atoms with van der Waals surface area (Å²) >= 11 is 0. The number of hydrogen-bond donors (Lipinski definition) is 1. The number of ether oxygens (including phenoxy) is 2. The number of nitrogens with two attached hydrogens (primary N) is 1. The smallest absolute Gasteiger partial charge is 0.405 e. The van der Waals surface area contributed by atoms with Gasteiger partial charge in [0, 0.05) is 19.5 Å². The topological polar surface area (TPSA) is 138 Å². The third-order valence-electron chi connectivity index (χ3n) is 7.12. The van der Waals surface area contributed by atoms with E-state index in [4.69, 9.17) is 19.7 Å². The molecule has 0 aromatic carbocycles. The Bertz CT molecular complexity index is 830. The van der Waals surface area contributed by atoms with Crippen molar-refractivity contribution in [2.75, 3.05) is 26.3 Å². The minimum absolute atomic E-state index is 0.0495. The Morgan fingerprint density at radius 3 is 2.34 bits per heavy atom. The molecule has 0 radical (unpaired) electrons. The number of primary amides is 1. The van der Waals surface area contributed by atoms with Crippen LogP contribution in [-0.4, -0.2) is 64.7 Å². The van der Waals surface area contributed by atoms with Gasteiger partial charge >= 0.3 is 6.09 Å². The zero-order chi connectivity index (χ0) is 23.4. The number of rotatable bonds is 8. The second kappa shape index (κ2) is 9.97. The maximum absolute atomic E-state index is 14.1. The molecule has 32 heavy (non-hydrogen) atoms. The van der Waals surface area contributed by atoms with Crippen LogP contribution in [0.5, 0.6) is 0 Å². The summed E-state index contributed by atoms with van der Waals surface area (Å²) in [6, 6.07) is 0. The summed E-state index contributed by atoms with van der Waals surface area (Å²) in [5.74, 6) is -0.981. The Kier molecular flexibility index (Phi) is 7.53. The molecule has 3 rings (SSSR count). The quantitative estimate of drug-likeness (QED) is 0.596. The first-order valence-corrected chi connectivity index (χ1v) is 11.5. The van der Waals surface area contributed by atoms with Gasteiger partial charge in [0.15, 0.2) is 5.60 Å². The molecule has 1 unspecified atom stereocenters. The van der Waals surface area contributed by atoms with Crippen LogP contribution >= 0.6 is 0 Å². The van der Waals surface area contributed by atoms with E-state index in [9.17, 15) is 14.4 Å². The van der Waals surface area contributed by atoms with Crippen molar-refractivity contribution in [1.29, 1.82) is 0 Å². The molecule has 1 saturated carbocycles. The summed E-state index contributed by atoms with van der Waals surface area (Å²) in [6.45, 7) is 6.94. The standard InChI is InChI=1S/C22H34N4O6/c1-4-16-24-18(25-32-16)17(27)22(5-2,31-20(23)29)21(3,15-9-7-6-8-10-15)19(28)26-11-13-30-14-12-26/h15H,4-14H2,1-3H3,(H2,23,29)/t21?,22-/m1/s1. The molecule has 2 atom stereocenters. The van der Waals surface area contributed by atoms with Gasteiger partial charge in [-0.3, -0.25) is 9.59 Å². The Labute approximate surface area is 188 Å². The van der Waals surface area contributed by atoms with Gasteiger partial charge in [-0.2, -0.15) is 4.98 Å². The number of Topliss-reactive ketones (excluding diaryl/α,β-unsaturated/α-hetero) is 1. The molecule has 2 N–H and O–H groups in total. The number of aryl methyl sites for hydroxylation is 1. The second-order valence-electron chi connectivity index (χ2n) is 8.74. The van der Waals surface area contributed by atoms with E-state index in [-0.39, 0.29) is 30.0 Å². The molecule has 0 bridgehead atoms. The van der Waals surface area contributed by atoms with E-state index in [1.807, 2.05) is 6.92 Å². The molecule has 1 aromatic heterocycles. The van der Waals surface area contributed by atoms with Crippen molar-refractivity contribution in [1.82, 2.24) is 15.0 Å². The summed E-state index contributed by atoms with van der Waals surface area (Å²) in [4.78, 5) is 46.1. The van der Waals surface area contributed by atoms with Crippen LogP contribution in [0.3, 0.4) is 0 Å². The van der Waals surface area contributed by atoms with Gasteiger partial charge in [-0.15, -0.1) is 0 Å². The minimum Gasteiger partial charge on any atom is -0.433 e. The van der Waals surface area contributed by atoms with Crippen LogP contribution in [0.2, 0.25) is 0 Å². The highest BCUT2D eigenvalue weighted by Gasteiger charge is 2.65. The lowest BCUT2D eigenvalue weighted by molar-refractivity contribution is -0.168. The highest BCUT2D eigenvalue weighted by Crippen LogP contribution is 2.51. The van der Waals surface area contributed by atoms with Crippen molar-refractivity contribution in [3.05, 3.63) is 11.7 Å². The van der Waals surface area contributed by atoms with E-state index in [0.717, 1.165) is 32.1 Å². The largest absolute Gasteiger partial charge is 0.433 e. The average Bonchev–Trinajstić information content (AvgIpc) is 3.31. The van der Waals surface area contributed by atoms with E-state index in [2.05, 4.69) is 10.1 Å². The number of morpholine rings is 1. The molecule has 1 aliphatic carbocycles. The van der Waals surface area contributed by atoms with Crippen molar-refractivity contribution in [2.45, 2.75) is 71.3 Å². The monoisotopic (exact) mass is 450 g/mol. The molecule has 10 nitrogen and oxygen atoms in total. The van der Waals surface area contributed by atoms with Crippen LogP contribution < -0.4 is 5.73 Å². The van der Waals surface area contributed by atoms with Crippen molar-refractivity contribution in [2.24, 2.45) is 17.1 Å². The maximum atomic E-state index is 14.1. The van der Waals surface area contributed by atoms with Crippen molar-refractivity contribution in [3.8, 4) is 0 Å². The summed E-state index contributed by atoms with van der Waals surface area (Å²) in [7, 11) is 0. The van der Waals surface area contributed by atoms with Gasteiger partial charge in [0.25, 0.3) is 0 Å². The normalized spacial score (nSPS) is 21.4. The van der Waals surface area contributed by atoms with Gasteiger partial charge < -0.3 is 24.6 Å². The Balaban J connectivity index is 2.16. The highest BCUT2D eigenvalue weighted by atomic mass is 16.6. The minimum atomic E-state index is -1.86. The van der Waals surface area contributed by atoms with Crippen LogP contribution in [-0.2, 0) is 20.7 Å². The summed E-state index contributed by atoms with van der Waals surface area (Å²) in [5, 5.41) is 3.83. The van der Waals surface area contributed by atoms with Crippen LogP contribution in [0.25, 0.3) is 0 Å². The molecule has 2 heterocycles. The zero-order valence-electron chi connectivity index (χ0n) is 19.2. The fourth-order valence-electron chi connectivity index (χ4n) is 5.28. The number of aromatic nitrogens is 2. The van der Waals surface area contributed by atoms with Crippen LogP contribution in [0, 0.1) is 11.3 Å². The van der Waals surface area contributed by atoms with Gasteiger partial charge in [0.2, 0.25) is 23.4 Å². The number of hydrogen-bond acceptors (Lipinski definition) is 8. The summed E-state index contributed by atoms with van der Waals surface area (Å²) in [6.07, 6.45) is 3.80. The number of ketones is 1. The van der Waals surface area contributed by atoms with Crippen molar-refractivity contribution < 1.29 is 28.4 Å². The van der Waals surface area contributed by atoms with Crippen molar-refractivity contribution in [3.63, 3.8) is 0 Å². The van der Waals surface area contributed by atoms with Gasteiger partial charge in [-0.25, -0.2) is 4.79 Å². The van der Waals surface area contributed by atoms with Gasteiger partial charge in [0.05, 0.1) is 18.6 Å². The van der Waals surface area contributed by atoms with E-state index in [1.54, 1.807) is 18.7 Å². The third-order valence-corrected chi connectivity index (χ3v) is 7.12. The molecule has 10 heteroatoms. The number of amides is 2. The van der Waals surface area contributed by atoms with E-state index < -0.39 is 22.9 Å². The Morgan fingerprint density at radius 1 is 1.16 bits per heavy atom. The van der Waals surface area contributed by atoms with E-state index in [0.29, 0.717) is 32.7 Å². The molecule has 0 spiro atoms. The van der Waals surface area contributed by atoms with Gasteiger partial charge in [-0.1, -0.05) is 38.3 Å². The molecule has 1 aromatic rings. The molecule has 1 saturated heterocycles. The molecule has 1 aliphatic heterocycles. The lowest BCUT2D eigenvalue weighted by atomic mass is 9.57. The maximum Gasteiger partial charge on any atom is 0.405 e. The van der Waals surface area contributed by atoms with Gasteiger partial charge in [-0.05, 0) is 32.1 Å². The Morgan fingerprint density at radius 2 is 1.81 bits per heavy atom. The van der Waals surface area contributed by atoms with Crippen LogP contribution in [0.1, 0.15) is 75.8 Å². The number of carbonyl (C=O) groups is 3. The first-order valence-electron chi connectivity index (χ1n) is 11.5. The lowest BCUT2D eigenvalue weighted by Gasteiger charge is -2.51. The SMILES string of the molecule is CCc1nc(C(=O)[C@@](CC)(OC(N)=O)C(C)(C(=O)N2CCOCC2)C2CCCCC2)no1. The molecule has 2 amide bonds. The predicted molar refractivity (Wildman–Crippen MR) is 114 cm³/mol. The highest BCUT2D eigenvalue weighted by molar-refractivity contribution is 6.05. The van der Waals surface area contributed by atoms with E-state index >= 15 is 0 Å². The van der Waals surface area contributed by atoms with E-state index in [1.165, 1.54) is 0 Å². The second-order valence-corrected chi connectivity index (χ2v) is 8.74. The molecule has 178 valence electrons. The zero-order valence-corrected chi connectivity index (χ0v) is 19.2. The molecular formula is C22H34N4O6. The predicted octanol–water partition coefficient (Wildman–Crippen LogP) is 2.50. The molecular weight excluding hydrogens is 416 g/mol. The fraction of sp³-hybridized carbons (Fsp3) is 0.773. The lowest BCUT2D eigenvalue weighted by Crippen LogP contribution is -2.66. The van der Waals surface area contributed by atoms with Crippen LogP contribution in [0.15, 0.2) is 4.52 Å². The Hall–Kier alpha value is -2.49. The summed E-state index contributed by atoms with van der Waals surface area (Å²) < 4.78 is 16.2. The van der Waals surface area contributed by atoms with Crippen LogP contribution in [0.4, 0.5) is 4.79 Å². The average molecular weight is 451 g/mol. The first-order chi connectivity index (χ1) is 15.3. The first kappa shape index (κ1) is 24.2. The number of nitrogens with zero attached hydrogens (tertiary/aromatic N) is 3. The molecule has 2 fully saturated rings. The summed E-state index contributed by atoms with van der Waals surface area (Å²) in [5.41, 5.74) is 2.28. The third kappa shape index (κ3) is 4.24. The number of carbonyl (C=O) groups excluding carboxylic acids is 3. The fourth-order valence-corrected chi connectivity index (χ4v) is 5.28. The molecule has 2 aliphatic rings. The van der Waals surface area contributed by atoms with Crippen molar-refractivity contribution >= 4 is 17.8 Å².